The molecule has 3 aromatic rings. The molecule has 0 bridgehead atoms. The van der Waals surface area contributed by atoms with Gasteiger partial charge in [-0.05, 0) is 47.1 Å². The predicted molar refractivity (Wildman–Crippen MR) is 126 cm³/mol. The van der Waals surface area contributed by atoms with Crippen LogP contribution in [0.1, 0.15) is 35.4 Å². The molecule has 0 aromatic heterocycles. The summed E-state index contributed by atoms with van der Waals surface area (Å²) in [5, 5.41) is 10.1. The van der Waals surface area contributed by atoms with Gasteiger partial charge in [0, 0.05) is 19.0 Å². The first-order valence-corrected chi connectivity index (χ1v) is 11.4. The number of amides is 1. The van der Waals surface area contributed by atoms with Gasteiger partial charge in [-0.15, -0.1) is 0 Å². The lowest BCUT2D eigenvalue weighted by molar-refractivity contribution is -0.152. The van der Waals surface area contributed by atoms with E-state index in [4.69, 9.17) is 4.74 Å². The summed E-state index contributed by atoms with van der Waals surface area (Å²) in [6, 6.07) is 26.1. The number of carboxylic acids is 1. The summed E-state index contributed by atoms with van der Waals surface area (Å²) in [6.45, 7) is 0.913. The molecule has 0 spiro atoms. The Bertz CT molecular complexity index is 1130. The maximum absolute atomic E-state index is 13.1. The first-order chi connectivity index (χ1) is 16.1. The second-order valence-corrected chi connectivity index (χ2v) is 9.08. The van der Waals surface area contributed by atoms with Crippen LogP contribution in [0.3, 0.4) is 0 Å². The molecule has 168 valence electrons. The summed E-state index contributed by atoms with van der Waals surface area (Å²) in [4.78, 5) is 26.9. The number of hydrogen-bond acceptors (Lipinski definition) is 3. The van der Waals surface area contributed by atoms with Gasteiger partial charge in [-0.1, -0.05) is 78.9 Å². The molecule has 5 rings (SSSR count). The molecular weight excluding hydrogens is 414 g/mol. The van der Waals surface area contributed by atoms with E-state index in [1.807, 2.05) is 54.6 Å². The highest BCUT2D eigenvalue weighted by Crippen LogP contribution is 2.44. The molecule has 1 aliphatic heterocycles. The molecule has 3 aromatic carbocycles. The lowest BCUT2D eigenvalue weighted by Crippen LogP contribution is -2.51. The fourth-order valence-corrected chi connectivity index (χ4v) is 5.35. The summed E-state index contributed by atoms with van der Waals surface area (Å²) in [7, 11) is 0. The molecule has 1 amide bonds. The normalized spacial score (nSPS) is 19.6. The van der Waals surface area contributed by atoms with Crippen molar-refractivity contribution in [2.24, 2.45) is 5.41 Å². The Balaban J connectivity index is 1.31. The summed E-state index contributed by atoms with van der Waals surface area (Å²) in [5.74, 6) is -0.873. The van der Waals surface area contributed by atoms with E-state index in [0.29, 0.717) is 25.8 Å². The van der Waals surface area contributed by atoms with Crippen molar-refractivity contribution in [1.82, 2.24) is 4.90 Å². The fourth-order valence-electron chi connectivity index (χ4n) is 5.35. The van der Waals surface area contributed by atoms with Crippen molar-refractivity contribution in [3.63, 3.8) is 0 Å². The summed E-state index contributed by atoms with van der Waals surface area (Å²) in [6.07, 6.45) is 1.15. The number of carbonyl (C=O) groups excluding carboxylic acids is 1. The van der Waals surface area contributed by atoms with Crippen LogP contribution >= 0.6 is 0 Å². The Hall–Kier alpha value is -3.60. The van der Waals surface area contributed by atoms with Gasteiger partial charge in [0.05, 0.1) is 5.41 Å². The Morgan fingerprint density at radius 3 is 2.15 bits per heavy atom. The monoisotopic (exact) mass is 441 g/mol. The SMILES string of the molecule is O=C(OCC1c2ccccc2-c2ccccc21)N1CCCC(Cc2ccccc2)(C(=O)O)C1. The van der Waals surface area contributed by atoms with Crippen molar-refractivity contribution < 1.29 is 19.4 Å². The zero-order chi connectivity index (χ0) is 22.8. The number of piperidine rings is 1. The number of benzene rings is 3. The van der Waals surface area contributed by atoms with E-state index < -0.39 is 17.5 Å². The molecule has 1 fully saturated rings. The van der Waals surface area contributed by atoms with E-state index in [9.17, 15) is 14.7 Å². The van der Waals surface area contributed by atoms with Crippen LogP contribution in [0.4, 0.5) is 4.79 Å². The maximum atomic E-state index is 13.1. The number of aliphatic carboxylic acids is 1. The predicted octanol–water partition coefficient (Wildman–Crippen LogP) is 5.35. The van der Waals surface area contributed by atoms with Crippen LogP contribution in [0, 0.1) is 5.41 Å². The third-order valence-electron chi connectivity index (χ3n) is 7.01. The molecular formula is C28H27NO4. The van der Waals surface area contributed by atoms with Crippen LogP contribution in [-0.4, -0.2) is 41.8 Å². The Morgan fingerprint density at radius 1 is 0.909 bits per heavy atom. The number of nitrogens with zero attached hydrogens (tertiary/aromatic N) is 1. The van der Waals surface area contributed by atoms with Gasteiger partial charge < -0.3 is 14.7 Å². The van der Waals surface area contributed by atoms with E-state index in [1.165, 1.54) is 11.1 Å². The fraction of sp³-hybridized carbons (Fsp3) is 0.286. The molecule has 1 saturated heterocycles. The van der Waals surface area contributed by atoms with Crippen LogP contribution in [0.25, 0.3) is 11.1 Å². The third-order valence-corrected chi connectivity index (χ3v) is 7.01. The highest BCUT2D eigenvalue weighted by Gasteiger charge is 2.44. The van der Waals surface area contributed by atoms with Gasteiger partial charge in [0.25, 0.3) is 0 Å². The lowest BCUT2D eigenvalue weighted by Gasteiger charge is -2.39. The lowest BCUT2D eigenvalue weighted by atomic mass is 9.75. The number of likely N-dealkylation sites (tertiary alicyclic amines) is 1. The molecule has 0 radical (unpaired) electrons. The van der Waals surface area contributed by atoms with Crippen LogP contribution in [-0.2, 0) is 16.0 Å². The van der Waals surface area contributed by atoms with Gasteiger partial charge in [-0.2, -0.15) is 0 Å². The van der Waals surface area contributed by atoms with Gasteiger partial charge in [-0.3, -0.25) is 4.79 Å². The van der Waals surface area contributed by atoms with Crippen LogP contribution in [0.5, 0.6) is 0 Å². The smallest absolute Gasteiger partial charge is 0.409 e. The second-order valence-electron chi connectivity index (χ2n) is 9.08. The summed E-state index contributed by atoms with van der Waals surface area (Å²) in [5.41, 5.74) is 4.66. The number of carboxylic acid groups (broad SMARTS) is 1. The zero-order valence-electron chi connectivity index (χ0n) is 18.4. The van der Waals surface area contributed by atoms with Crippen molar-refractivity contribution >= 4 is 12.1 Å². The molecule has 2 aliphatic rings. The van der Waals surface area contributed by atoms with Crippen molar-refractivity contribution in [2.75, 3.05) is 19.7 Å². The van der Waals surface area contributed by atoms with E-state index in [0.717, 1.165) is 16.7 Å². The average Bonchev–Trinajstić information content (AvgIpc) is 3.17. The van der Waals surface area contributed by atoms with Crippen LogP contribution in [0.2, 0.25) is 0 Å². The minimum absolute atomic E-state index is 0.0142. The number of carbonyl (C=O) groups is 2. The van der Waals surface area contributed by atoms with Crippen molar-refractivity contribution in [3.05, 3.63) is 95.6 Å². The molecule has 5 heteroatoms. The molecule has 1 N–H and O–H groups in total. The number of fused-ring (bicyclic) bond motifs is 3. The van der Waals surface area contributed by atoms with Gasteiger partial charge >= 0.3 is 12.1 Å². The van der Waals surface area contributed by atoms with Gasteiger partial charge in [-0.25, -0.2) is 4.79 Å². The molecule has 33 heavy (non-hydrogen) atoms. The number of hydrogen-bond donors (Lipinski definition) is 1. The molecule has 5 nitrogen and oxygen atoms in total. The quantitative estimate of drug-likeness (QED) is 0.580. The summed E-state index contributed by atoms with van der Waals surface area (Å²) < 4.78 is 5.80. The second kappa shape index (κ2) is 8.74. The highest BCUT2D eigenvalue weighted by atomic mass is 16.6. The summed E-state index contributed by atoms with van der Waals surface area (Å²) >= 11 is 0. The van der Waals surface area contributed by atoms with Crippen LogP contribution < -0.4 is 0 Å². The molecule has 0 saturated carbocycles. The average molecular weight is 442 g/mol. The minimum atomic E-state index is -0.995. The van der Waals surface area contributed by atoms with Gasteiger partial charge in [0.1, 0.15) is 6.61 Å². The number of rotatable bonds is 5. The van der Waals surface area contributed by atoms with Crippen LogP contribution in [0.15, 0.2) is 78.9 Å². The van der Waals surface area contributed by atoms with E-state index in [2.05, 4.69) is 24.3 Å². The van der Waals surface area contributed by atoms with Gasteiger partial charge in [0.15, 0.2) is 0 Å². The Labute approximate surface area is 193 Å². The van der Waals surface area contributed by atoms with Crippen molar-refractivity contribution in [3.8, 4) is 11.1 Å². The maximum Gasteiger partial charge on any atom is 0.409 e. The molecule has 1 aliphatic carbocycles. The van der Waals surface area contributed by atoms with Gasteiger partial charge in [0.2, 0.25) is 0 Å². The zero-order valence-corrected chi connectivity index (χ0v) is 18.4. The molecule has 1 heterocycles. The first kappa shape index (κ1) is 21.3. The largest absolute Gasteiger partial charge is 0.481 e. The first-order valence-electron chi connectivity index (χ1n) is 11.4. The van der Waals surface area contributed by atoms with E-state index >= 15 is 0 Å². The topological polar surface area (TPSA) is 66.8 Å². The van der Waals surface area contributed by atoms with Crippen molar-refractivity contribution in [1.29, 1.82) is 0 Å². The minimum Gasteiger partial charge on any atom is -0.481 e. The molecule has 1 unspecified atom stereocenters. The van der Waals surface area contributed by atoms with E-state index in [1.54, 1.807) is 4.90 Å². The Kier molecular flexibility index (Phi) is 5.63. The standard InChI is InChI=1S/C28H27NO4/c30-26(31)28(17-20-9-2-1-3-10-20)15-8-16-29(19-28)27(32)33-18-25-23-13-6-4-11-21(23)22-12-5-7-14-24(22)25/h1-7,9-14,25H,8,15-19H2,(H,30,31). The van der Waals surface area contributed by atoms with Crippen molar-refractivity contribution in [2.45, 2.75) is 25.2 Å². The molecule has 1 atom stereocenters. The van der Waals surface area contributed by atoms with E-state index in [-0.39, 0.29) is 19.1 Å². The highest BCUT2D eigenvalue weighted by molar-refractivity contribution is 5.79. The Morgan fingerprint density at radius 2 is 1.52 bits per heavy atom. The third kappa shape index (κ3) is 3.99. The number of ether oxygens (including phenoxy) is 1.